The summed E-state index contributed by atoms with van der Waals surface area (Å²) in [5.74, 6) is -0.247. The molecule has 1 amide bonds. The molecule has 5 aromatic rings. The molecule has 10 heteroatoms. The predicted molar refractivity (Wildman–Crippen MR) is 177 cm³/mol. The molecule has 47 heavy (non-hydrogen) atoms. The monoisotopic (exact) mass is 638 g/mol. The molecule has 1 aliphatic rings. The number of fused-ring (bicyclic) bond motifs is 1. The molecular weight excluding hydrogens is 599 g/mol. The molecule has 244 valence electrons. The van der Waals surface area contributed by atoms with Gasteiger partial charge in [0, 0.05) is 31.0 Å². The summed E-state index contributed by atoms with van der Waals surface area (Å²) in [5, 5.41) is 16.4. The van der Waals surface area contributed by atoms with Crippen molar-refractivity contribution in [2.45, 2.75) is 58.0 Å². The van der Waals surface area contributed by atoms with Gasteiger partial charge in [-0.3, -0.25) is 4.68 Å². The molecule has 3 aromatic carbocycles. The van der Waals surface area contributed by atoms with Crippen LogP contribution in [0, 0.1) is 5.82 Å². The summed E-state index contributed by atoms with van der Waals surface area (Å²) < 4.78 is 35.3. The number of halogens is 1. The zero-order chi connectivity index (χ0) is 33.1. The second-order valence-corrected chi connectivity index (χ2v) is 12.8. The third kappa shape index (κ3) is 7.38. The van der Waals surface area contributed by atoms with Gasteiger partial charge >= 0.3 is 6.09 Å². The molecule has 1 aliphatic heterocycles. The maximum atomic E-state index is 15.9. The van der Waals surface area contributed by atoms with Crippen LogP contribution < -0.4 is 9.47 Å². The molecule has 1 saturated heterocycles. The van der Waals surface area contributed by atoms with Gasteiger partial charge in [0.2, 0.25) is 11.8 Å². The van der Waals surface area contributed by atoms with Gasteiger partial charge in [-0.15, -0.1) is 0 Å². The zero-order valence-corrected chi connectivity index (χ0v) is 27.0. The van der Waals surface area contributed by atoms with Gasteiger partial charge in [-0.2, -0.15) is 10.1 Å². The highest BCUT2D eigenvalue weighted by Gasteiger charge is 2.35. The second-order valence-electron chi connectivity index (χ2n) is 12.8. The fourth-order valence-electron chi connectivity index (χ4n) is 5.81. The zero-order valence-electron chi connectivity index (χ0n) is 27.0. The Kier molecular flexibility index (Phi) is 9.13. The Balaban J connectivity index is 1.29. The van der Waals surface area contributed by atoms with Crippen molar-refractivity contribution >= 4 is 17.0 Å². The smallest absolute Gasteiger partial charge is 0.410 e. The summed E-state index contributed by atoms with van der Waals surface area (Å²) in [7, 11) is 1.80. The summed E-state index contributed by atoms with van der Waals surface area (Å²) in [6.45, 7) is 6.40. The van der Waals surface area contributed by atoms with Gasteiger partial charge in [-0.1, -0.05) is 60.7 Å². The predicted octanol–water partition coefficient (Wildman–Crippen LogP) is 7.02. The quantitative estimate of drug-likeness (QED) is 0.195. The van der Waals surface area contributed by atoms with E-state index >= 15 is 4.39 Å². The average Bonchev–Trinajstić information content (AvgIpc) is 3.37. The van der Waals surface area contributed by atoms with Crippen LogP contribution in [-0.4, -0.2) is 55.7 Å². The first-order chi connectivity index (χ1) is 22.6. The van der Waals surface area contributed by atoms with Crippen LogP contribution in [-0.2, 0) is 25.0 Å². The lowest BCUT2D eigenvalue weighted by Crippen LogP contribution is -2.47. The van der Waals surface area contributed by atoms with Crippen LogP contribution >= 0.6 is 0 Å². The third-order valence-corrected chi connectivity index (χ3v) is 8.14. The van der Waals surface area contributed by atoms with E-state index in [4.69, 9.17) is 24.3 Å². The molecule has 2 atom stereocenters. The first-order valence-electron chi connectivity index (χ1n) is 15.7. The molecule has 6 rings (SSSR count). The number of rotatable bonds is 8. The summed E-state index contributed by atoms with van der Waals surface area (Å²) in [6.07, 6.45) is -1.06. The van der Waals surface area contributed by atoms with Gasteiger partial charge in [0.15, 0.2) is 0 Å². The van der Waals surface area contributed by atoms with Gasteiger partial charge in [0.1, 0.15) is 30.3 Å². The number of ether oxygens (including phenoxy) is 3. The van der Waals surface area contributed by atoms with E-state index in [1.807, 2.05) is 66.7 Å². The second kappa shape index (κ2) is 13.4. The number of piperidine rings is 1. The fraction of sp³-hybridized carbons (Fsp3) is 0.324. The Hall–Kier alpha value is -4.96. The highest BCUT2D eigenvalue weighted by Crippen LogP contribution is 2.39. The summed E-state index contributed by atoms with van der Waals surface area (Å²) in [5.41, 5.74) is 3.50. The standard InChI is InChI=1S/C37H39FN4O5/c1-37(2,3)47-36(44)42-18-17-26(32(43)21-42)28-20-31-29(19-30(28)38)34(40-41(31)4)27-15-16-33(45-22-24-11-7-5-8-12-24)39-35(27)46-23-25-13-9-6-10-14-25/h5-16,19-20,26,32,43H,17-18,21-23H2,1-4H3. The van der Waals surface area contributed by atoms with Crippen molar-refractivity contribution in [2.75, 3.05) is 13.1 Å². The Morgan fingerprint density at radius 1 is 0.957 bits per heavy atom. The number of aryl methyl sites for hydroxylation is 1. The van der Waals surface area contributed by atoms with E-state index in [0.29, 0.717) is 59.1 Å². The van der Waals surface area contributed by atoms with Crippen LogP contribution in [0.5, 0.6) is 11.8 Å². The van der Waals surface area contributed by atoms with E-state index in [1.54, 1.807) is 44.6 Å². The number of benzene rings is 3. The fourth-order valence-corrected chi connectivity index (χ4v) is 5.81. The molecule has 3 heterocycles. The minimum atomic E-state index is -0.957. The SMILES string of the molecule is Cn1nc(-c2ccc(OCc3ccccc3)nc2OCc2ccccc2)c2cc(F)c(C3CCN(C(=O)OC(C)(C)C)CC3O)cc21. The third-order valence-electron chi connectivity index (χ3n) is 8.14. The molecule has 0 saturated carbocycles. The number of hydrogen-bond acceptors (Lipinski definition) is 7. The van der Waals surface area contributed by atoms with Crippen LogP contribution in [0.3, 0.4) is 0 Å². The molecule has 0 aliphatic carbocycles. The maximum Gasteiger partial charge on any atom is 0.410 e. The molecular formula is C37H39FN4O5. The summed E-state index contributed by atoms with van der Waals surface area (Å²) in [4.78, 5) is 18.8. The van der Waals surface area contributed by atoms with Crippen LogP contribution in [0.25, 0.3) is 22.2 Å². The van der Waals surface area contributed by atoms with Crippen molar-refractivity contribution in [3.63, 3.8) is 0 Å². The van der Waals surface area contributed by atoms with Crippen molar-refractivity contribution in [3.8, 4) is 23.0 Å². The Labute approximate surface area is 273 Å². The van der Waals surface area contributed by atoms with Crippen molar-refractivity contribution in [3.05, 3.63) is 107 Å². The molecule has 1 N–H and O–H groups in total. The number of pyridine rings is 1. The van der Waals surface area contributed by atoms with Crippen molar-refractivity contribution in [1.82, 2.24) is 19.7 Å². The number of carbonyl (C=O) groups is 1. The molecule has 2 unspecified atom stereocenters. The normalized spacial score (nSPS) is 16.7. The topological polar surface area (TPSA) is 98.9 Å². The van der Waals surface area contributed by atoms with Gasteiger partial charge in [0.25, 0.3) is 0 Å². The van der Waals surface area contributed by atoms with E-state index in [9.17, 15) is 9.90 Å². The number of aliphatic hydroxyl groups is 1. The van der Waals surface area contributed by atoms with E-state index in [1.165, 1.54) is 11.0 Å². The number of amides is 1. The van der Waals surface area contributed by atoms with Crippen LogP contribution in [0.2, 0.25) is 0 Å². The molecule has 0 radical (unpaired) electrons. The van der Waals surface area contributed by atoms with E-state index in [-0.39, 0.29) is 13.2 Å². The number of aromatic nitrogens is 3. The minimum absolute atomic E-state index is 0.0557. The first kappa shape index (κ1) is 32.0. The Morgan fingerprint density at radius 2 is 1.62 bits per heavy atom. The molecule has 1 fully saturated rings. The summed E-state index contributed by atoms with van der Waals surface area (Å²) >= 11 is 0. The minimum Gasteiger partial charge on any atom is -0.473 e. The number of nitrogens with zero attached hydrogens (tertiary/aromatic N) is 4. The van der Waals surface area contributed by atoms with Crippen molar-refractivity contribution in [2.24, 2.45) is 7.05 Å². The highest BCUT2D eigenvalue weighted by molar-refractivity contribution is 5.95. The number of hydrogen-bond donors (Lipinski definition) is 1. The van der Waals surface area contributed by atoms with Gasteiger partial charge in [-0.05, 0) is 62.1 Å². The molecule has 2 aromatic heterocycles. The Morgan fingerprint density at radius 3 is 2.26 bits per heavy atom. The number of aliphatic hydroxyl groups excluding tert-OH is 1. The van der Waals surface area contributed by atoms with Crippen molar-refractivity contribution in [1.29, 1.82) is 0 Å². The highest BCUT2D eigenvalue weighted by atomic mass is 19.1. The molecule has 9 nitrogen and oxygen atoms in total. The van der Waals surface area contributed by atoms with E-state index in [2.05, 4.69) is 0 Å². The lowest BCUT2D eigenvalue weighted by molar-refractivity contribution is -0.00179. The van der Waals surface area contributed by atoms with Crippen LogP contribution in [0.4, 0.5) is 9.18 Å². The number of β-amino-alcohol motifs (C(OH)–C–C–N with tert-alkyl or cyclic N) is 1. The number of likely N-dealkylation sites (tertiary alicyclic amines) is 1. The maximum absolute atomic E-state index is 15.9. The first-order valence-corrected chi connectivity index (χ1v) is 15.7. The Bertz CT molecular complexity index is 1860. The molecule has 0 spiro atoms. The van der Waals surface area contributed by atoms with E-state index in [0.717, 1.165) is 11.1 Å². The lowest BCUT2D eigenvalue weighted by Gasteiger charge is -2.37. The average molecular weight is 639 g/mol. The van der Waals surface area contributed by atoms with Gasteiger partial charge < -0.3 is 24.2 Å². The van der Waals surface area contributed by atoms with Gasteiger partial charge in [0.05, 0.1) is 23.7 Å². The van der Waals surface area contributed by atoms with E-state index < -0.39 is 29.5 Å². The summed E-state index contributed by atoms with van der Waals surface area (Å²) in [6, 6.07) is 26.4. The molecule has 0 bridgehead atoms. The van der Waals surface area contributed by atoms with Gasteiger partial charge in [-0.25, -0.2) is 9.18 Å². The largest absolute Gasteiger partial charge is 0.473 e. The van der Waals surface area contributed by atoms with Crippen LogP contribution in [0.15, 0.2) is 84.9 Å². The number of carbonyl (C=O) groups excluding carboxylic acids is 1. The lowest BCUT2D eigenvalue weighted by atomic mass is 9.86. The van der Waals surface area contributed by atoms with Crippen molar-refractivity contribution < 1.29 is 28.5 Å². The van der Waals surface area contributed by atoms with Crippen LogP contribution in [0.1, 0.15) is 49.8 Å².